The quantitative estimate of drug-likeness (QED) is 0.718. The second-order valence-corrected chi connectivity index (χ2v) is 2.54. The molecule has 72 valence electrons. The molecule has 5 heteroatoms. The van der Waals surface area contributed by atoms with Crippen LogP contribution in [0.2, 0.25) is 0 Å². The topological polar surface area (TPSA) is 64.4 Å². The van der Waals surface area contributed by atoms with Crippen LogP contribution in [0, 0.1) is 0 Å². The van der Waals surface area contributed by atoms with Gasteiger partial charge in [0.25, 0.3) is 0 Å². The van der Waals surface area contributed by atoms with Gasteiger partial charge in [-0.3, -0.25) is 0 Å². The molecular weight excluding hydrogens is 172 g/mol. The largest absolute Gasteiger partial charge is 0.479 e. The van der Waals surface area contributed by atoms with Crippen molar-refractivity contribution in [1.82, 2.24) is 9.55 Å². The summed E-state index contributed by atoms with van der Waals surface area (Å²) in [5.41, 5.74) is 0. The Morgan fingerprint density at radius 2 is 2.54 bits per heavy atom. The molecule has 0 aliphatic heterocycles. The van der Waals surface area contributed by atoms with Gasteiger partial charge >= 0.3 is 5.97 Å². The van der Waals surface area contributed by atoms with Crippen molar-refractivity contribution in [3.63, 3.8) is 0 Å². The smallest absolute Gasteiger partial charge is 0.334 e. The van der Waals surface area contributed by atoms with E-state index in [4.69, 9.17) is 9.84 Å². The van der Waals surface area contributed by atoms with Crippen LogP contribution in [0.15, 0.2) is 18.7 Å². The number of hydrogen-bond donors (Lipinski definition) is 1. The normalized spacial score (nSPS) is 12.7. The molecule has 0 aromatic carbocycles. The fraction of sp³-hybridized carbons (Fsp3) is 0.500. The Bertz CT molecular complexity index is 258. The van der Waals surface area contributed by atoms with Crippen molar-refractivity contribution in [2.75, 3.05) is 6.61 Å². The Hall–Kier alpha value is -1.36. The molecule has 0 amide bonds. The third kappa shape index (κ3) is 2.87. The standard InChI is InChI=1S/C8H12N2O3/c1-2-13-7(8(11)12)5-10-4-3-9-6-10/h3-4,6-7H,2,5H2,1H3,(H,11,12). The number of carbonyl (C=O) groups is 1. The first-order chi connectivity index (χ1) is 6.24. The lowest BCUT2D eigenvalue weighted by Gasteiger charge is -2.12. The molecular formula is C8H12N2O3. The Balaban J connectivity index is 2.52. The average Bonchev–Trinajstić information content (AvgIpc) is 2.56. The molecule has 0 bridgehead atoms. The van der Waals surface area contributed by atoms with Crippen molar-refractivity contribution in [2.45, 2.75) is 19.6 Å². The van der Waals surface area contributed by atoms with E-state index in [9.17, 15) is 4.79 Å². The summed E-state index contributed by atoms with van der Waals surface area (Å²) in [5, 5.41) is 8.74. The van der Waals surface area contributed by atoms with E-state index < -0.39 is 12.1 Å². The Morgan fingerprint density at radius 3 is 3.00 bits per heavy atom. The van der Waals surface area contributed by atoms with Crippen LogP contribution in [0.4, 0.5) is 0 Å². The summed E-state index contributed by atoms with van der Waals surface area (Å²) in [6.45, 7) is 2.46. The predicted octanol–water partition coefficient (Wildman–Crippen LogP) is 0.373. The second kappa shape index (κ2) is 4.61. The summed E-state index contributed by atoms with van der Waals surface area (Å²) in [5.74, 6) is -0.949. The van der Waals surface area contributed by atoms with Gasteiger partial charge < -0.3 is 14.4 Å². The molecule has 1 N–H and O–H groups in total. The SMILES string of the molecule is CCOC(Cn1ccnc1)C(=O)O. The molecule has 0 aliphatic carbocycles. The second-order valence-electron chi connectivity index (χ2n) is 2.54. The first-order valence-corrected chi connectivity index (χ1v) is 4.04. The van der Waals surface area contributed by atoms with Gasteiger partial charge in [0.2, 0.25) is 0 Å². The van der Waals surface area contributed by atoms with Gasteiger partial charge in [-0.2, -0.15) is 0 Å². The number of aliphatic carboxylic acids is 1. The lowest BCUT2D eigenvalue weighted by molar-refractivity contribution is -0.150. The Labute approximate surface area is 76.0 Å². The zero-order valence-electron chi connectivity index (χ0n) is 7.38. The van der Waals surface area contributed by atoms with Gasteiger partial charge in [0.15, 0.2) is 6.10 Å². The first-order valence-electron chi connectivity index (χ1n) is 4.04. The van der Waals surface area contributed by atoms with Gasteiger partial charge in [-0.05, 0) is 6.92 Å². The number of ether oxygens (including phenoxy) is 1. The van der Waals surface area contributed by atoms with Crippen molar-refractivity contribution in [3.8, 4) is 0 Å². The number of imidazole rings is 1. The van der Waals surface area contributed by atoms with Crippen molar-refractivity contribution < 1.29 is 14.6 Å². The summed E-state index contributed by atoms with van der Waals surface area (Å²) >= 11 is 0. The molecule has 0 aliphatic rings. The van der Waals surface area contributed by atoms with Gasteiger partial charge in [-0.1, -0.05) is 0 Å². The summed E-state index contributed by atoms with van der Waals surface area (Å²) in [6.07, 6.45) is 4.08. The summed E-state index contributed by atoms with van der Waals surface area (Å²) < 4.78 is 6.70. The molecule has 0 spiro atoms. The maximum absolute atomic E-state index is 10.7. The maximum atomic E-state index is 10.7. The van der Waals surface area contributed by atoms with Gasteiger partial charge in [0, 0.05) is 19.0 Å². The Morgan fingerprint density at radius 1 is 1.77 bits per heavy atom. The van der Waals surface area contributed by atoms with Crippen LogP contribution in [-0.4, -0.2) is 33.3 Å². The van der Waals surface area contributed by atoms with Crippen molar-refractivity contribution in [3.05, 3.63) is 18.7 Å². The molecule has 13 heavy (non-hydrogen) atoms. The lowest BCUT2D eigenvalue weighted by atomic mass is 10.3. The van der Waals surface area contributed by atoms with E-state index in [0.29, 0.717) is 13.2 Å². The number of hydrogen-bond acceptors (Lipinski definition) is 3. The molecule has 1 aromatic rings. The highest BCUT2D eigenvalue weighted by molar-refractivity contribution is 5.72. The van der Waals surface area contributed by atoms with Crippen LogP contribution in [0.25, 0.3) is 0 Å². The Kier molecular flexibility index (Phi) is 3.45. The molecule has 0 radical (unpaired) electrons. The highest BCUT2D eigenvalue weighted by Crippen LogP contribution is 1.97. The molecule has 0 saturated carbocycles. The van der Waals surface area contributed by atoms with E-state index >= 15 is 0 Å². The molecule has 0 fully saturated rings. The van der Waals surface area contributed by atoms with Crippen molar-refractivity contribution in [1.29, 1.82) is 0 Å². The van der Waals surface area contributed by atoms with Gasteiger partial charge in [0.1, 0.15) is 0 Å². The summed E-state index contributed by atoms with van der Waals surface area (Å²) in [7, 11) is 0. The number of aromatic nitrogens is 2. The highest BCUT2D eigenvalue weighted by atomic mass is 16.5. The molecule has 1 unspecified atom stereocenters. The van der Waals surface area contributed by atoms with E-state index in [0.717, 1.165) is 0 Å². The predicted molar refractivity (Wildman–Crippen MR) is 45.3 cm³/mol. The van der Waals surface area contributed by atoms with Crippen molar-refractivity contribution in [2.24, 2.45) is 0 Å². The van der Waals surface area contributed by atoms with Gasteiger partial charge in [-0.25, -0.2) is 9.78 Å². The van der Waals surface area contributed by atoms with Crippen molar-refractivity contribution >= 4 is 5.97 Å². The zero-order valence-corrected chi connectivity index (χ0v) is 7.38. The van der Waals surface area contributed by atoms with Crippen LogP contribution in [-0.2, 0) is 16.1 Å². The van der Waals surface area contributed by atoms with E-state index in [-0.39, 0.29) is 0 Å². The van der Waals surface area contributed by atoms with E-state index in [1.54, 1.807) is 30.2 Å². The van der Waals surface area contributed by atoms with Crippen LogP contribution >= 0.6 is 0 Å². The minimum atomic E-state index is -0.949. The van der Waals surface area contributed by atoms with E-state index in [1.165, 1.54) is 0 Å². The molecule has 5 nitrogen and oxygen atoms in total. The summed E-state index contributed by atoms with van der Waals surface area (Å²) in [4.78, 5) is 14.5. The zero-order chi connectivity index (χ0) is 9.68. The lowest BCUT2D eigenvalue weighted by Crippen LogP contribution is -2.28. The third-order valence-electron chi connectivity index (χ3n) is 1.58. The fourth-order valence-electron chi connectivity index (χ4n) is 0.989. The maximum Gasteiger partial charge on any atom is 0.334 e. The third-order valence-corrected chi connectivity index (χ3v) is 1.58. The highest BCUT2D eigenvalue weighted by Gasteiger charge is 2.17. The number of carboxylic acids is 1. The number of nitrogens with zero attached hydrogens (tertiary/aromatic N) is 2. The van der Waals surface area contributed by atoms with Gasteiger partial charge in [-0.15, -0.1) is 0 Å². The van der Waals surface area contributed by atoms with Crippen LogP contribution in [0.1, 0.15) is 6.92 Å². The van der Waals surface area contributed by atoms with Crippen LogP contribution < -0.4 is 0 Å². The summed E-state index contributed by atoms with van der Waals surface area (Å²) in [6, 6.07) is 0. The number of carboxylic acid groups (broad SMARTS) is 1. The number of rotatable bonds is 5. The average molecular weight is 184 g/mol. The van der Waals surface area contributed by atoms with Gasteiger partial charge in [0.05, 0.1) is 12.9 Å². The molecule has 1 rings (SSSR count). The molecule has 0 saturated heterocycles. The molecule has 1 heterocycles. The first kappa shape index (κ1) is 9.73. The van der Waals surface area contributed by atoms with E-state index in [1.807, 2.05) is 0 Å². The molecule has 1 atom stereocenters. The monoisotopic (exact) mass is 184 g/mol. The fourth-order valence-corrected chi connectivity index (χ4v) is 0.989. The molecule has 1 aromatic heterocycles. The van der Waals surface area contributed by atoms with E-state index in [2.05, 4.69) is 4.98 Å². The van der Waals surface area contributed by atoms with Crippen LogP contribution in [0.3, 0.4) is 0 Å². The minimum absolute atomic E-state index is 0.295. The van der Waals surface area contributed by atoms with Crippen LogP contribution in [0.5, 0.6) is 0 Å². The minimum Gasteiger partial charge on any atom is -0.479 e.